The molecule has 258 valence electrons. The fourth-order valence-electron chi connectivity index (χ4n) is 7.29. The van der Waals surface area contributed by atoms with Gasteiger partial charge in [-0.1, -0.05) is 42.5 Å². The number of rotatable bonds is 10. The van der Waals surface area contributed by atoms with E-state index >= 15 is 0 Å². The van der Waals surface area contributed by atoms with Crippen molar-refractivity contribution in [3.05, 3.63) is 83.4 Å². The maximum absolute atomic E-state index is 13.9. The van der Waals surface area contributed by atoms with Crippen LogP contribution >= 0.6 is 0 Å². The van der Waals surface area contributed by atoms with Crippen LogP contribution in [0.3, 0.4) is 0 Å². The van der Waals surface area contributed by atoms with Gasteiger partial charge in [0.25, 0.3) is 6.29 Å². The Bertz CT molecular complexity index is 1600. The lowest BCUT2D eigenvalue weighted by Crippen LogP contribution is -2.52. The third kappa shape index (κ3) is 5.17. The number of ether oxygens (including phenoxy) is 7. The number of aliphatic hydroxyl groups excluding tert-OH is 3. The standard InChI is InChI=1S/C35H41NO12/c1-36(2)31(40)27-28(19-9-7-6-8-10-19)35(20-11-13-21(42-3)14-12-20)34(41,30(27)39)29-24(43-4)15-22(16-25(29)48-35)46-33-32(44-5)45-18-26(47-33)23(38)17-37/h6-16,23,26-28,30,32-33,37-39,41H,17-18H2,1-5H3/t23-,26-,27+,28+,30-,32+,33-,34+,35+/m1/s1. The van der Waals surface area contributed by atoms with Gasteiger partial charge in [0, 0.05) is 39.3 Å². The highest BCUT2D eigenvalue weighted by Gasteiger charge is 2.78. The van der Waals surface area contributed by atoms with Gasteiger partial charge in [0.2, 0.25) is 12.2 Å². The molecule has 0 aromatic heterocycles. The van der Waals surface area contributed by atoms with Crippen molar-refractivity contribution in [2.75, 3.05) is 48.6 Å². The number of carbonyl (C=O) groups excluding carboxylic acids is 1. The van der Waals surface area contributed by atoms with Crippen LogP contribution in [0, 0.1) is 5.92 Å². The van der Waals surface area contributed by atoms with Gasteiger partial charge in [0.15, 0.2) is 11.2 Å². The lowest BCUT2D eigenvalue weighted by molar-refractivity contribution is -0.324. The second-order valence-electron chi connectivity index (χ2n) is 12.3. The minimum Gasteiger partial charge on any atom is -0.497 e. The van der Waals surface area contributed by atoms with Crippen LogP contribution in [0.2, 0.25) is 0 Å². The molecule has 13 heteroatoms. The quantitative estimate of drug-likeness (QED) is 0.247. The fraction of sp³-hybridized carbons (Fsp3) is 0.457. The molecule has 9 atom stereocenters. The van der Waals surface area contributed by atoms with Crippen molar-refractivity contribution in [1.82, 2.24) is 4.90 Å². The molecular weight excluding hydrogens is 626 g/mol. The number of hydrogen-bond donors (Lipinski definition) is 4. The fourth-order valence-corrected chi connectivity index (χ4v) is 7.29. The number of amides is 1. The van der Waals surface area contributed by atoms with Gasteiger partial charge in [-0.05, 0) is 23.3 Å². The highest BCUT2D eigenvalue weighted by Crippen LogP contribution is 2.70. The predicted octanol–water partition coefficient (Wildman–Crippen LogP) is 1.49. The van der Waals surface area contributed by atoms with E-state index in [1.165, 1.54) is 38.4 Å². The zero-order valence-corrected chi connectivity index (χ0v) is 27.3. The molecule has 3 aromatic rings. The summed E-state index contributed by atoms with van der Waals surface area (Å²) in [4.78, 5) is 15.3. The van der Waals surface area contributed by atoms with Crippen molar-refractivity contribution in [1.29, 1.82) is 0 Å². The molecule has 48 heavy (non-hydrogen) atoms. The van der Waals surface area contributed by atoms with Crippen molar-refractivity contribution in [3.63, 3.8) is 0 Å². The molecule has 1 aliphatic carbocycles. The SMILES string of the molecule is COc1ccc([C@@]23Oc4cc(O[C@@H]5O[C@@H]([C@H](O)CO)CO[C@@H]5OC)cc(OC)c4[C@]2(O)[C@H](O)[C@@H](C(=O)N(C)C)[C@@H]3c2ccccc2)cc1. The number of methoxy groups -OCH3 is 3. The summed E-state index contributed by atoms with van der Waals surface area (Å²) >= 11 is 0. The van der Waals surface area contributed by atoms with E-state index in [0.717, 1.165) is 0 Å². The lowest BCUT2D eigenvalue weighted by atomic mass is 9.70. The zero-order valence-electron chi connectivity index (χ0n) is 27.3. The molecule has 0 radical (unpaired) electrons. The molecule has 1 saturated heterocycles. The summed E-state index contributed by atoms with van der Waals surface area (Å²) in [7, 11) is 7.55. The Kier molecular flexibility index (Phi) is 9.30. The Balaban J connectivity index is 1.53. The third-order valence-electron chi connectivity index (χ3n) is 9.50. The molecule has 0 spiro atoms. The van der Waals surface area contributed by atoms with Crippen LogP contribution in [0.15, 0.2) is 66.7 Å². The van der Waals surface area contributed by atoms with Gasteiger partial charge in [-0.2, -0.15) is 0 Å². The Morgan fingerprint density at radius 3 is 2.31 bits per heavy atom. The topological polar surface area (TPSA) is 166 Å². The molecule has 4 N–H and O–H groups in total. The molecular formula is C35H41NO12. The summed E-state index contributed by atoms with van der Waals surface area (Å²) in [5, 5.41) is 45.0. The Morgan fingerprint density at radius 1 is 1.00 bits per heavy atom. The molecule has 3 aromatic carbocycles. The summed E-state index contributed by atoms with van der Waals surface area (Å²) in [6.07, 6.45) is -5.94. The predicted molar refractivity (Wildman–Crippen MR) is 169 cm³/mol. The van der Waals surface area contributed by atoms with E-state index in [1.807, 2.05) is 30.3 Å². The van der Waals surface area contributed by atoms with Gasteiger partial charge in [0.1, 0.15) is 41.3 Å². The van der Waals surface area contributed by atoms with Gasteiger partial charge in [0.05, 0.1) is 38.9 Å². The first-order chi connectivity index (χ1) is 23.0. The first-order valence-corrected chi connectivity index (χ1v) is 15.5. The van der Waals surface area contributed by atoms with Gasteiger partial charge in [-0.25, -0.2) is 0 Å². The van der Waals surface area contributed by atoms with E-state index in [-0.39, 0.29) is 29.4 Å². The average molecular weight is 668 g/mol. The molecule has 0 unspecified atom stereocenters. The van der Waals surface area contributed by atoms with E-state index in [0.29, 0.717) is 16.9 Å². The largest absolute Gasteiger partial charge is 0.497 e. The Morgan fingerprint density at radius 2 is 1.71 bits per heavy atom. The summed E-state index contributed by atoms with van der Waals surface area (Å²) in [5.41, 5.74) is -2.68. The van der Waals surface area contributed by atoms with Crippen LogP contribution in [0.25, 0.3) is 0 Å². The Hall–Kier alpha value is -3.95. The smallest absolute Gasteiger partial charge is 0.251 e. The monoisotopic (exact) mass is 667 g/mol. The Labute approximate surface area is 278 Å². The number of fused-ring (bicyclic) bond motifs is 3. The molecule has 0 bridgehead atoms. The van der Waals surface area contributed by atoms with Crippen molar-refractivity contribution in [3.8, 4) is 23.0 Å². The minimum absolute atomic E-state index is 0.0419. The van der Waals surface area contributed by atoms with E-state index in [9.17, 15) is 25.2 Å². The number of carbonyl (C=O) groups is 1. The van der Waals surface area contributed by atoms with Crippen LogP contribution in [-0.2, 0) is 30.2 Å². The van der Waals surface area contributed by atoms with E-state index in [4.69, 9.17) is 33.2 Å². The number of aliphatic hydroxyl groups is 4. The second-order valence-corrected chi connectivity index (χ2v) is 12.3. The van der Waals surface area contributed by atoms with Gasteiger partial charge < -0.3 is 58.5 Å². The normalized spacial score (nSPS) is 31.3. The van der Waals surface area contributed by atoms with Gasteiger partial charge in [-0.3, -0.25) is 4.79 Å². The summed E-state index contributed by atoms with van der Waals surface area (Å²) in [5.74, 6) is -1.44. The molecule has 2 aliphatic heterocycles. The summed E-state index contributed by atoms with van der Waals surface area (Å²) < 4.78 is 41.3. The lowest BCUT2D eigenvalue weighted by Gasteiger charge is -2.41. The van der Waals surface area contributed by atoms with Crippen molar-refractivity contribution < 1.29 is 58.4 Å². The maximum Gasteiger partial charge on any atom is 0.251 e. The van der Waals surface area contributed by atoms with Gasteiger partial charge >= 0.3 is 0 Å². The van der Waals surface area contributed by atoms with Crippen LogP contribution in [0.5, 0.6) is 23.0 Å². The number of hydrogen-bond acceptors (Lipinski definition) is 12. The molecule has 3 aliphatic rings. The molecule has 1 saturated carbocycles. The van der Waals surface area contributed by atoms with Crippen molar-refractivity contribution in [2.45, 2.75) is 48.0 Å². The summed E-state index contributed by atoms with van der Waals surface area (Å²) in [6, 6.07) is 19.1. The summed E-state index contributed by atoms with van der Waals surface area (Å²) in [6.45, 7) is -0.590. The molecule has 13 nitrogen and oxygen atoms in total. The van der Waals surface area contributed by atoms with Crippen LogP contribution in [-0.4, -0.2) is 111 Å². The molecule has 2 heterocycles. The number of benzene rings is 3. The number of nitrogens with zero attached hydrogens (tertiary/aromatic N) is 1. The van der Waals surface area contributed by atoms with Crippen molar-refractivity contribution >= 4 is 5.91 Å². The van der Waals surface area contributed by atoms with E-state index in [1.54, 1.807) is 38.4 Å². The molecule has 2 fully saturated rings. The van der Waals surface area contributed by atoms with Crippen molar-refractivity contribution in [2.24, 2.45) is 5.92 Å². The highest BCUT2D eigenvalue weighted by atomic mass is 16.8. The second kappa shape index (κ2) is 13.2. The van der Waals surface area contributed by atoms with Gasteiger partial charge in [-0.15, -0.1) is 0 Å². The first kappa shape index (κ1) is 33.9. The van der Waals surface area contributed by atoms with Crippen LogP contribution in [0.4, 0.5) is 0 Å². The minimum atomic E-state index is -2.21. The highest BCUT2D eigenvalue weighted by molar-refractivity contribution is 5.83. The zero-order chi connectivity index (χ0) is 34.4. The van der Waals surface area contributed by atoms with E-state index < -0.39 is 66.4 Å². The van der Waals surface area contributed by atoms with Crippen LogP contribution in [0.1, 0.15) is 22.6 Å². The molecule has 6 rings (SSSR count). The third-order valence-corrected chi connectivity index (χ3v) is 9.50. The molecule has 1 amide bonds. The first-order valence-electron chi connectivity index (χ1n) is 15.5. The van der Waals surface area contributed by atoms with Crippen LogP contribution < -0.4 is 18.9 Å². The average Bonchev–Trinajstić information content (AvgIpc) is 3.49. The maximum atomic E-state index is 13.9. The van der Waals surface area contributed by atoms with E-state index in [2.05, 4.69) is 0 Å².